The van der Waals surface area contributed by atoms with Crippen molar-refractivity contribution in [3.05, 3.63) is 75.8 Å². The highest BCUT2D eigenvalue weighted by Gasteiger charge is 2.17. The summed E-state index contributed by atoms with van der Waals surface area (Å²) in [6.45, 7) is 1.44. The molecule has 0 radical (unpaired) electrons. The molecule has 0 aliphatic rings. The van der Waals surface area contributed by atoms with E-state index < -0.39 is 6.04 Å². The Labute approximate surface area is 144 Å². The maximum absolute atomic E-state index is 12.1. The topological polar surface area (TPSA) is 46.2 Å². The van der Waals surface area contributed by atoms with E-state index in [2.05, 4.69) is 5.32 Å². The molecule has 0 fully saturated rings. The molecule has 1 N–H and O–H groups in total. The predicted octanol–water partition coefficient (Wildman–Crippen LogP) is 4.45. The lowest BCUT2D eigenvalue weighted by Gasteiger charge is -2.15. The van der Waals surface area contributed by atoms with Crippen LogP contribution in [-0.2, 0) is 9.59 Å². The Morgan fingerprint density at radius 1 is 1.04 bits per heavy atom. The van der Waals surface area contributed by atoms with Crippen molar-refractivity contribution in [3.63, 3.8) is 0 Å². The number of benzene rings is 2. The number of hydrogen-bond acceptors (Lipinski definition) is 2. The lowest BCUT2D eigenvalue weighted by atomic mass is 10.0. The van der Waals surface area contributed by atoms with Crippen LogP contribution in [0.4, 0.5) is 0 Å². The zero-order chi connectivity index (χ0) is 16.8. The summed E-state index contributed by atoms with van der Waals surface area (Å²) >= 11 is 11.8. The van der Waals surface area contributed by atoms with Gasteiger partial charge in [-0.3, -0.25) is 9.59 Å². The molecule has 118 valence electrons. The van der Waals surface area contributed by atoms with Crippen molar-refractivity contribution >= 4 is 41.0 Å². The van der Waals surface area contributed by atoms with Crippen molar-refractivity contribution < 1.29 is 9.59 Å². The second-order valence-corrected chi connectivity index (χ2v) is 5.87. The van der Waals surface area contributed by atoms with Gasteiger partial charge < -0.3 is 5.32 Å². The quantitative estimate of drug-likeness (QED) is 0.812. The van der Waals surface area contributed by atoms with Gasteiger partial charge in [0.25, 0.3) is 0 Å². The minimum atomic E-state index is -0.670. The molecule has 2 aromatic carbocycles. The van der Waals surface area contributed by atoms with Crippen LogP contribution in [0.3, 0.4) is 0 Å². The fourth-order valence-electron chi connectivity index (χ4n) is 2.10. The van der Waals surface area contributed by atoms with Crippen molar-refractivity contribution in [2.45, 2.75) is 13.0 Å². The first-order chi connectivity index (χ1) is 11.0. The van der Waals surface area contributed by atoms with Gasteiger partial charge in [-0.25, -0.2) is 0 Å². The average Bonchev–Trinajstić information content (AvgIpc) is 2.50. The van der Waals surface area contributed by atoms with E-state index in [1.165, 1.54) is 13.0 Å². The largest absolute Gasteiger partial charge is 0.339 e. The third-order valence-corrected chi connectivity index (χ3v) is 3.57. The zero-order valence-electron chi connectivity index (χ0n) is 12.4. The molecule has 2 rings (SSSR count). The van der Waals surface area contributed by atoms with Crippen molar-refractivity contribution in [1.29, 1.82) is 0 Å². The maximum atomic E-state index is 12.1. The third kappa shape index (κ3) is 5.23. The molecule has 0 bridgehead atoms. The Morgan fingerprint density at radius 3 is 2.22 bits per heavy atom. The van der Waals surface area contributed by atoms with E-state index in [9.17, 15) is 9.59 Å². The lowest BCUT2D eigenvalue weighted by Crippen LogP contribution is -2.31. The molecule has 0 unspecified atom stereocenters. The van der Waals surface area contributed by atoms with Crippen LogP contribution in [0.1, 0.15) is 24.1 Å². The van der Waals surface area contributed by atoms with E-state index in [1.807, 2.05) is 18.2 Å². The second-order valence-electron chi connectivity index (χ2n) is 5.00. The van der Waals surface area contributed by atoms with Crippen LogP contribution in [0.25, 0.3) is 6.08 Å². The third-order valence-electron chi connectivity index (χ3n) is 3.14. The van der Waals surface area contributed by atoms with Gasteiger partial charge in [0.15, 0.2) is 5.78 Å². The van der Waals surface area contributed by atoms with Gasteiger partial charge in [-0.15, -0.1) is 0 Å². The number of amides is 1. The monoisotopic (exact) mass is 347 g/mol. The van der Waals surface area contributed by atoms with Crippen molar-refractivity contribution in [2.24, 2.45) is 0 Å². The normalized spacial score (nSPS) is 12.1. The number of carbonyl (C=O) groups is 2. The second kappa shape index (κ2) is 7.95. The Balaban J connectivity index is 2.10. The number of ketones is 1. The first-order valence-corrected chi connectivity index (χ1v) is 7.71. The summed E-state index contributed by atoms with van der Waals surface area (Å²) < 4.78 is 0. The average molecular weight is 348 g/mol. The van der Waals surface area contributed by atoms with E-state index in [1.54, 1.807) is 36.4 Å². The molecule has 3 nitrogen and oxygen atoms in total. The van der Waals surface area contributed by atoms with Crippen molar-refractivity contribution in [3.8, 4) is 0 Å². The Hall–Kier alpha value is -2.10. The molecule has 1 atom stereocenters. The summed E-state index contributed by atoms with van der Waals surface area (Å²) in [5.41, 5.74) is 1.45. The van der Waals surface area contributed by atoms with E-state index in [4.69, 9.17) is 23.2 Å². The Bertz CT molecular complexity index is 722. The number of hydrogen-bond donors (Lipinski definition) is 1. The molecule has 1 amide bonds. The molecule has 0 spiro atoms. The fourth-order valence-corrected chi connectivity index (χ4v) is 2.64. The van der Waals surface area contributed by atoms with Crippen molar-refractivity contribution in [2.75, 3.05) is 0 Å². The molecule has 0 saturated carbocycles. The van der Waals surface area contributed by atoms with E-state index >= 15 is 0 Å². The number of rotatable bonds is 5. The van der Waals surface area contributed by atoms with Gasteiger partial charge in [0.05, 0.1) is 0 Å². The van der Waals surface area contributed by atoms with Crippen molar-refractivity contribution in [1.82, 2.24) is 5.32 Å². The summed E-state index contributed by atoms with van der Waals surface area (Å²) in [5.74, 6) is -0.506. The Morgan fingerprint density at radius 2 is 1.65 bits per heavy atom. The van der Waals surface area contributed by atoms with Crippen LogP contribution in [0, 0.1) is 0 Å². The van der Waals surface area contributed by atoms with Crippen LogP contribution in [0.2, 0.25) is 10.0 Å². The number of halogens is 2. The molecule has 5 heteroatoms. The molecular weight excluding hydrogens is 333 g/mol. The molecule has 0 saturated heterocycles. The Kier molecular flexibility index (Phi) is 5.97. The first-order valence-electron chi connectivity index (χ1n) is 6.96. The molecule has 23 heavy (non-hydrogen) atoms. The van der Waals surface area contributed by atoms with Gasteiger partial charge in [-0.05, 0) is 42.3 Å². The fraction of sp³-hybridized carbons (Fsp3) is 0.111. The lowest BCUT2D eigenvalue weighted by molar-refractivity contribution is -0.124. The molecule has 2 aromatic rings. The zero-order valence-corrected chi connectivity index (χ0v) is 13.9. The predicted molar refractivity (Wildman–Crippen MR) is 93.5 cm³/mol. The molecule has 0 aliphatic carbocycles. The van der Waals surface area contributed by atoms with Gasteiger partial charge in [0.1, 0.15) is 6.04 Å². The smallest absolute Gasteiger partial charge is 0.244 e. The first kappa shape index (κ1) is 17.3. The summed E-state index contributed by atoms with van der Waals surface area (Å²) in [6, 6.07) is 13.4. The number of nitrogens with one attached hydrogen (secondary N) is 1. The molecular formula is C18H15Cl2NO2. The summed E-state index contributed by atoms with van der Waals surface area (Å²) in [7, 11) is 0. The van der Waals surface area contributed by atoms with Crippen LogP contribution in [0.5, 0.6) is 0 Å². The SMILES string of the molecule is CC(=O)[C@@H](NC(=O)/C=C/c1cc(Cl)cc(Cl)c1)c1ccccc1. The highest BCUT2D eigenvalue weighted by atomic mass is 35.5. The molecule has 0 heterocycles. The summed E-state index contributed by atoms with van der Waals surface area (Å²) in [6.07, 6.45) is 2.94. The minimum Gasteiger partial charge on any atom is -0.339 e. The minimum absolute atomic E-state index is 0.135. The van der Waals surface area contributed by atoms with Crippen LogP contribution in [0.15, 0.2) is 54.6 Å². The highest BCUT2D eigenvalue weighted by molar-refractivity contribution is 6.34. The van der Waals surface area contributed by atoms with E-state index in [0.717, 1.165) is 5.56 Å². The van der Waals surface area contributed by atoms with Gasteiger partial charge in [0, 0.05) is 16.1 Å². The highest BCUT2D eigenvalue weighted by Crippen LogP contribution is 2.20. The van der Waals surface area contributed by atoms with Gasteiger partial charge in [0.2, 0.25) is 5.91 Å². The maximum Gasteiger partial charge on any atom is 0.244 e. The number of Topliss-reactive ketones (excluding diaryl/α,β-unsaturated/α-hetero) is 1. The summed E-state index contributed by atoms with van der Waals surface area (Å²) in [4.78, 5) is 23.8. The molecule has 0 aromatic heterocycles. The van der Waals surface area contributed by atoms with Crippen LogP contribution in [-0.4, -0.2) is 11.7 Å². The van der Waals surface area contributed by atoms with Gasteiger partial charge >= 0.3 is 0 Å². The standard InChI is InChI=1S/C18H15Cl2NO2/c1-12(22)18(14-5-3-2-4-6-14)21-17(23)8-7-13-9-15(19)11-16(20)10-13/h2-11,18H,1H3,(H,21,23)/b8-7+/t18-/m1/s1. The van der Waals surface area contributed by atoms with Gasteiger partial charge in [-0.2, -0.15) is 0 Å². The molecule has 0 aliphatic heterocycles. The van der Waals surface area contributed by atoms with Crippen LogP contribution < -0.4 is 5.32 Å². The van der Waals surface area contributed by atoms with Gasteiger partial charge in [-0.1, -0.05) is 53.5 Å². The van der Waals surface area contributed by atoms with Crippen LogP contribution >= 0.6 is 23.2 Å². The number of carbonyl (C=O) groups excluding carboxylic acids is 2. The van der Waals surface area contributed by atoms with E-state index in [0.29, 0.717) is 15.6 Å². The van der Waals surface area contributed by atoms with E-state index in [-0.39, 0.29) is 11.7 Å². The summed E-state index contributed by atoms with van der Waals surface area (Å²) in [5, 5.41) is 3.67.